The van der Waals surface area contributed by atoms with Gasteiger partial charge >= 0.3 is 0 Å². The Labute approximate surface area is 156 Å². The summed E-state index contributed by atoms with van der Waals surface area (Å²) in [5.74, 6) is 2.72. The molecule has 0 heterocycles. The van der Waals surface area contributed by atoms with Gasteiger partial charge in [-0.1, -0.05) is 79.2 Å². The smallest absolute Gasteiger partial charge is 0.00258 e. The third-order valence-corrected chi connectivity index (χ3v) is 6.51. The minimum atomic E-state index is 0.791. The number of rotatable bonds is 4. The molecule has 0 nitrogen and oxygen atoms in total. The molecule has 0 aliphatic heterocycles. The predicted molar refractivity (Wildman–Crippen MR) is 108 cm³/mol. The fourth-order valence-corrected chi connectivity index (χ4v) is 5.17. The maximum atomic E-state index is 3.46. The summed E-state index contributed by atoms with van der Waals surface area (Å²) >= 11 is 0. The fraction of sp³-hybridized carbons (Fsp3) is 0.308. The van der Waals surface area contributed by atoms with Gasteiger partial charge in [-0.25, -0.2) is 0 Å². The Kier molecular flexibility index (Phi) is 4.13. The van der Waals surface area contributed by atoms with E-state index in [1.165, 1.54) is 47.9 Å². The van der Waals surface area contributed by atoms with E-state index in [1.807, 2.05) is 0 Å². The first-order chi connectivity index (χ1) is 12.8. The lowest BCUT2D eigenvalue weighted by atomic mass is 9.82. The van der Waals surface area contributed by atoms with Crippen LogP contribution >= 0.6 is 0 Å². The second kappa shape index (κ2) is 6.76. The van der Waals surface area contributed by atoms with Gasteiger partial charge < -0.3 is 0 Å². The molecule has 1 radical (unpaired) electrons. The highest BCUT2D eigenvalue weighted by molar-refractivity contribution is 5.64. The third kappa shape index (κ3) is 3.09. The second-order valence-electron chi connectivity index (χ2n) is 8.18. The summed E-state index contributed by atoms with van der Waals surface area (Å²) in [6.45, 7) is 0. The third-order valence-electron chi connectivity index (χ3n) is 6.51. The summed E-state index contributed by atoms with van der Waals surface area (Å²) in [4.78, 5) is 0. The van der Waals surface area contributed by atoms with Gasteiger partial charge in [0.15, 0.2) is 0 Å². The van der Waals surface area contributed by atoms with Gasteiger partial charge in [0.25, 0.3) is 0 Å². The van der Waals surface area contributed by atoms with Crippen molar-refractivity contribution in [2.24, 2.45) is 11.8 Å². The van der Waals surface area contributed by atoms with Crippen molar-refractivity contribution in [3.63, 3.8) is 0 Å². The van der Waals surface area contributed by atoms with Crippen LogP contribution in [-0.4, -0.2) is 0 Å². The van der Waals surface area contributed by atoms with Gasteiger partial charge in [0, 0.05) is 0 Å². The Morgan fingerprint density at radius 3 is 2.35 bits per heavy atom. The second-order valence-corrected chi connectivity index (χ2v) is 8.18. The van der Waals surface area contributed by atoms with Crippen LogP contribution in [0.15, 0.2) is 72.8 Å². The van der Waals surface area contributed by atoms with Crippen LogP contribution in [0.4, 0.5) is 0 Å². The van der Waals surface area contributed by atoms with E-state index in [1.54, 1.807) is 5.56 Å². The Hall–Kier alpha value is -2.34. The van der Waals surface area contributed by atoms with Crippen molar-refractivity contribution in [2.45, 2.75) is 38.0 Å². The Bertz CT molecular complexity index is 875. The van der Waals surface area contributed by atoms with Crippen molar-refractivity contribution in [1.82, 2.24) is 0 Å². The minimum absolute atomic E-state index is 0.791. The SMILES string of the molecule is [c]1ccc(C2CC3CCC2C3)cc1-c1ccc(Cc2ccccc2)cc1. The van der Waals surface area contributed by atoms with E-state index in [4.69, 9.17) is 0 Å². The molecule has 2 fully saturated rings. The zero-order chi connectivity index (χ0) is 17.3. The maximum Gasteiger partial charge on any atom is -0.00258 e. The molecule has 2 aliphatic carbocycles. The Balaban J connectivity index is 1.36. The first-order valence-corrected chi connectivity index (χ1v) is 10.00. The molecular weight excluding hydrogens is 312 g/mol. The van der Waals surface area contributed by atoms with Crippen LogP contribution in [-0.2, 0) is 6.42 Å². The van der Waals surface area contributed by atoms with Crippen molar-refractivity contribution >= 4 is 0 Å². The standard InChI is InChI=1S/C26H25/c1-2-5-19(6-3-1)15-20-9-12-22(13-10-20)23-7-4-8-24(18-23)26-17-21-11-14-25(26)16-21/h1-6,8-10,12-13,18,21,25-26H,11,14-17H2. The molecule has 129 valence electrons. The molecule has 3 aromatic carbocycles. The van der Waals surface area contributed by atoms with Crippen LogP contribution < -0.4 is 0 Å². The molecule has 0 N–H and O–H groups in total. The minimum Gasteiger partial charge on any atom is -0.0622 e. The molecule has 3 aromatic rings. The van der Waals surface area contributed by atoms with Crippen LogP contribution in [0, 0.1) is 17.9 Å². The molecule has 0 amide bonds. The maximum absolute atomic E-state index is 3.46. The van der Waals surface area contributed by atoms with E-state index in [-0.39, 0.29) is 0 Å². The zero-order valence-corrected chi connectivity index (χ0v) is 15.2. The quantitative estimate of drug-likeness (QED) is 0.500. The molecule has 2 bridgehead atoms. The van der Waals surface area contributed by atoms with Crippen molar-refractivity contribution < 1.29 is 0 Å². The number of hydrogen-bond donors (Lipinski definition) is 0. The van der Waals surface area contributed by atoms with E-state index >= 15 is 0 Å². The average Bonchev–Trinajstić information content (AvgIpc) is 3.33. The van der Waals surface area contributed by atoms with E-state index in [2.05, 4.69) is 78.9 Å². The van der Waals surface area contributed by atoms with Gasteiger partial charge in [0.05, 0.1) is 0 Å². The molecule has 0 saturated heterocycles. The van der Waals surface area contributed by atoms with Crippen molar-refractivity contribution in [3.05, 3.63) is 95.6 Å². The zero-order valence-electron chi connectivity index (χ0n) is 15.2. The van der Waals surface area contributed by atoms with Gasteiger partial charge in [-0.05, 0) is 77.3 Å². The summed E-state index contributed by atoms with van der Waals surface area (Å²) in [6, 6.07) is 30.0. The molecule has 0 aromatic heterocycles. The van der Waals surface area contributed by atoms with Gasteiger partial charge in [-0.3, -0.25) is 0 Å². The molecule has 2 aliphatic rings. The van der Waals surface area contributed by atoms with Crippen LogP contribution in [0.3, 0.4) is 0 Å². The molecule has 2 saturated carbocycles. The molecule has 5 rings (SSSR count). The van der Waals surface area contributed by atoms with Crippen LogP contribution in [0.1, 0.15) is 48.3 Å². The first kappa shape index (κ1) is 15.9. The van der Waals surface area contributed by atoms with E-state index in [0.29, 0.717) is 0 Å². The molecular formula is C26H25. The number of fused-ring (bicyclic) bond motifs is 2. The van der Waals surface area contributed by atoms with Gasteiger partial charge in [-0.15, -0.1) is 0 Å². The molecule has 3 unspecified atom stereocenters. The van der Waals surface area contributed by atoms with Gasteiger partial charge in [0.2, 0.25) is 0 Å². The van der Waals surface area contributed by atoms with E-state index < -0.39 is 0 Å². The Morgan fingerprint density at radius 2 is 1.62 bits per heavy atom. The van der Waals surface area contributed by atoms with Crippen LogP contribution in [0.5, 0.6) is 0 Å². The first-order valence-electron chi connectivity index (χ1n) is 10.00. The summed E-state index contributed by atoms with van der Waals surface area (Å²) in [7, 11) is 0. The molecule has 0 spiro atoms. The molecule has 3 atom stereocenters. The summed E-state index contributed by atoms with van der Waals surface area (Å²) < 4.78 is 0. The summed E-state index contributed by atoms with van der Waals surface area (Å²) in [5.41, 5.74) is 6.80. The molecule has 26 heavy (non-hydrogen) atoms. The van der Waals surface area contributed by atoms with Crippen molar-refractivity contribution in [3.8, 4) is 11.1 Å². The monoisotopic (exact) mass is 337 g/mol. The van der Waals surface area contributed by atoms with E-state index in [0.717, 1.165) is 24.2 Å². The number of benzene rings is 3. The fourth-order valence-electron chi connectivity index (χ4n) is 5.17. The summed E-state index contributed by atoms with van der Waals surface area (Å²) in [6.07, 6.45) is 6.78. The highest BCUT2D eigenvalue weighted by Crippen LogP contribution is 2.53. The predicted octanol–water partition coefficient (Wildman–Crippen LogP) is 6.65. The number of hydrogen-bond acceptors (Lipinski definition) is 0. The largest absolute Gasteiger partial charge is 0.0622 e. The van der Waals surface area contributed by atoms with Crippen LogP contribution in [0.2, 0.25) is 0 Å². The van der Waals surface area contributed by atoms with Crippen LogP contribution in [0.25, 0.3) is 11.1 Å². The topological polar surface area (TPSA) is 0 Å². The lowest BCUT2D eigenvalue weighted by Gasteiger charge is -2.22. The lowest BCUT2D eigenvalue weighted by Crippen LogP contribution is -2.08. The van der Waals surface area contributed by atoms with Gasteiger partial charge in [-0.2, -0.15) is 0 Å². The average molecular weight is 337 g/mol. The summed E-state index contributed by atoms with van der Waals surface area (Å²) in [5, 5.41) is 0. The van der Waals surface area contributed by atoms with E-state index in [9.17, 15) is 0 Å². The van der Waals surface area contributed by atoms with Gasteiger partial charge in [0.1, 0.15) is 0 Å². The lowest BCUT2D eigenvalue weighted by molar-refractivity contribution is 0.420. The Morgan fingerprint density at radius 1 is 0.808 bits per heavy atom. The normalized spacial score (nSPS) is 24.1. The highest BCUT2D eigenvalue weighted by atomic mass is 14.4. The molecule has 0 heteroatoms. The van der Waals surface area contributed by atoms with Crippen molar-refractivity contribution in [1.29, 1.82) is 0 Å². The highest BCUT2D eigenvalue weighted by Gasteiger charge is 2.40. The van der Waals surface area contributed by atoms with Crippen molar-refractivity contribution in [2.75, 3.05) is 0 Å².